The van der Waals surface area contributed by atoms with Crippen molar-refractivity contribution >= 4 is 12.6 Å². The van der Waals surface area contributed by atoms with Crippen molar-refractivity contribution in [1.82, 2.24) is 4.90 Å². The molecule has 20 heavy (non-hydrogen) atoms. The summed E-state index contributed by atoms with van der Waals surface area (Å²) in [4.78, 5) is 2.46. The Hall–Kier alpha value is -1.04. The molecule has 1 aliphatic rings. The molecule has 1 aromatic rings. The van der Waals surface area contributed by atoms with Crippen molar-refractivity contribution in [3.63, 3.8) is 0 Å². The second-order valence-electron chi connectivity index (χ2n) is 5.78. The first-order valence-electron chi connectivity index (χ1n) is 7.30. The molecule has 2 atom stereocenters. The molecule has 0 bridgehead atoms. The molecule has 2 N–H and O–H groups in total. The van der Waals surface area contributed by atoms with Gasteiger partial charge >= 0.3 is 7.12 Å². The van der Waals surface area contributed by atoms with Gasteiger partial charge in [0.15, 0.2) is 0 Å². The highest BCUT2D eigenvalue weighted by Crippen LogP contribution is 2.24. The van der Waals surface area contributed by atoms with Gasteiger partial charge in [0.2, 0.25) is 0 Å². The number of methoxy groups -OCH3 is 1. The number of nitrogens with zero attached hydrogens (tertiary/aromatic N) is 1. The molecule has 0 aliphatic carbocycles. The fourth-order valence-corrected chi connectivity index (χ4v) is 2.96. The Morgan fingerprint density at radius 2 is 2.10 bits per heavy atom. The van der Waals surface area contributed by atoms with Gasteiger partial charge in [-0.05, 0) is 43.9 Å². The normalized spacial score (nSPS) is 23.6. The van der Waals surface area contributed by atoms with E-state index in [1.807, 2.05) is 18.2 Å². The Kier molecular flexibility index (Phi) is 5.08. The lowest BCUT2D eigenvalue weighted by Crippen LogP contribution is -2.42. The minimum Gasteiger partial charge on any atom is -0.497 e. The Labute approximate surface area is 121 Å². The van der Waals surface area contributed by atoms with Crippen LogP contribution in [0.5, 0.6) is 5.75 Å². The number of hydrogen-bond acceptors (Lipinski definition) is 4. The van der Waals surface area contributed by atoms with E-state index in [2.05, 4.69) is 18.7 Å². The standard InChI is InChI=1S/C15H24BNO3/c1-11-5-4-8-17(12(11)2)10-13-6-7-15(20-3)14(9-13)16(18)19/h6-7,9,11-12,18-19H,4-5,8,10H2,1-3H3. The van der Waals surface area contributed by atoms with Gasteiger partial charge in [0.25, 0.3) is 0 Å². The fraction of sp³-hybridized carbons (Fsp3) is 0.600. The van der Waals surface area contributed by atoms with Gasteiger partial charge < -0.3 is 14.8 Å². The average molecular weight is 277 g/mol. The summed E-state index contributed by atoms with van der Waals surface area (Å²) in [6.07, 6.45) is 2.53. The Balaban J connectivity index is 2.15. The predicted molar refractivity (Wildman–Crippen MR) is 81.1 cm³/mol. The molecule has 1 heterocycles. The third-order valence-electron chi connectivity index (χ3n) is 4.46. The monoisotopic (exact) mass is 277 g/mol. The van der Waals surface area contributed by atoms with Crippen LogP contribution in [0.1, 0.15) is 32.3 Å². The highest BCUT2D eigenvalue weighted by atomic mass is 16.5. The second-order valence-corrected chi connectivity index (χ2v) is 5.78. The van der Waals surface area contributed by atoms with Crippen LogP contribution in [0.4, 0.5) is 0 Å². The van der Waals surface area contributed by atoms with Gasteiger partial charge in [0.05, 0.1) is 7.11 Å². The summed E-state index contributed by atoms with van der Waals surface area (Å²) in [5.41, 5.74) is 1.53. The molecule has 0 radical (unpaired) electrons. The molecule has 0 saturated carbocycles. The van der Waals surface area contributed by atoms with E-state index in [4.69, 9.17) is 4.74 Å². The predicted octanol–water partition coefficient (Wildman–Crippen LogP) is 0.995. The highest BCUT2D eigenvalue weighted by molar-refractivity contribution is 6.59. The third-order valence-corrected chi connectivity index (χ3v) is 4.46. The SMILES string of the molecule is COc1ccc(CN2CCCC(C)C2C)cc1B(O)O. The lowest BCUT2D eigenvalue weighted by atomic mass is 9.78. The minimum absolute atomic E-state index is 0.433. The van der Waals surface area contributed by atoms with Crippen LogP contribution >= 0.6 is 0 Å². The van der Waals surface area contributed by atoms with Crippen molar-refractivity contribution in [1.29, 1.82) is 0 Å². The maximum atomic E-state index is 9.42. The molecule has 0 aromatic heterocycles. The van der Waals surface area contributed by atoms with Crippen LogP contribution in [0.2, 0.25) is 0 Å². The quantitative estimate of drug-likeness (QED) is 0.806. The van der Waals surface area contributed by atoms with Crippen molar-refractivity contribution in [3.05, 3.63) is 23.8 Å². The smallest absolute Gasteiger partial charge is 0.492 e. The molecule has 1 saturated heterocycles. The zero-order valence-corrected chi connectivity index (χ0v) is 12.5. The van der Waals surface area contributed by atoms with Gasteiger partial charge in [-0.3, -0.25) is 4.90 Å². The summed E-state index contributed by atoms with van der Waals surface area (Å²) in [7, 11) is 0.0394. The molecule has 110 valence electrons. The summed E-state index contributed by atoms with van der Waals surface area (Å²) in [5, 5.41) is 18.8. The van der Waals surface area contributed by atoms with Crippen LogP contribution in [-0.4, -0.2) is 41.8 Å². The molecule has 1 fully saturated rings. The van der Waals surface area contributed by atoms with Crippen molar-refractivity contribution in [3.8, 4) is 5.75 Å². The first-order valence-corrected chi connectivity index (χ1v) is 7.30. The fourth-order valence-electron chi connectivity index (χ4n) is 2.96. The summed E-state index contributed by atoms with van der Waals surface area (Å²) in [6.45, 7) is 6.52. The Morgan fingerprint density at radius 1 is 1.35 bits per heavy atom. The first-order chi connectivity index (χ1) is 9.52. The lowest BCUT2D eigenvalue weighted by molar-refractivity contribution is 0.106. The van der Waals surface area contributed by atoms with E-state index in [-0.39, 0.29) is 0 Å². The second kappa shape index (κ2) is 6.61. The number of likely N-dealkylation sites (tertiary alicyclic amines) is 1. The van der Waals surface area contributed by atoms with E-state index >= 15 is 0 Å². The van der Waals surface area contributed by atoms with Crippen LogP contribution in [0.15, 0.2) is 18.2 Å². The largest absolute Gasteiger partial charge is 0.497 e. The van der Waals surface area contributed by atoms with Gasteiger partial charge in [-0.25, -0.2) is 0 Å². The number of piperidine rings is 1. The highest BCUT2D eigenvalue weighted by Gasteiger charge is 2.25. The number of hydrogen-bond donors (Lipinski definition) is 2. The molecule has 5 heteroatoms. The molecule has 2 unspecified atom stereocenters. The summed E-state index contributed by atoms with van der Waals surface area (Å²) in [5.74, 6) is 1.23. The molecule has 2 rings (SSSR count). The zero-order valence-electron chi connectivity index (χ0n) is 12.5. The number of ether oxygens (including phenoxy) is 1. The first kappa shape index (κ1) is 15.4. The summed E-state index contributed by atoms with van der Waals surface area (Å²) < 4.78 is 5.16. The maximum absolute atomic E-state index is 9.42. The molecule has 1 aliphatic heterocycles. The average Bonchev–Trinajstić information content (AvgIpc) is 2.43. The lowest BCUT2D eigenvalue weighted by Gasteiger charge is -2.38. The van der Waals surface area contributed by atoms with E-state index in [1.165, 1.54) is 20.0 Å². The van der Waals surface area contributed by atoms with Crippen LogP contribution < -0.4 is 10.2 Å². The van der Waals surface area contributed by atoms with Crippen LogP contribution in [0.25, 0.3) is 0 Å². The number of benzene rings is 1. The van der Waals surface area contributed by atoms with E-state index in [0.717, 1.165) is 18.7 Å². The van der Waals surface area contributed by atoms with E-state index in [0.29, 0.717) is 23.2 Å². The van der Waals surface area contributed by atoms with Crippen molar-refractivity contribution in [2.24, 2.45) is 5.92 Å². The Morgan fingerprint density at radius 3 is 2.75 bits per heavy atom. The van der Waals surface area contributed by atoms with Crippen LogP contribution in [0, 0.1) is 5.92 Å². The van der Waals surface area contributed by atoms with E-state index in [9.17, 15) is 10.0 Å². The van der Waals surface area contributed by atoms with Crippen LogP contribution in [0.3, 0.4) is 0 Å². The molecule has 0 amide bonds. The molecule has 1 aromatic carbocycles. The van der Waals surface area contributed by atoms with E-state index < -0.39 is 7.12 Å². The van der Waals surface area contributed by atoms with Gasteiger partial charge in [0.1, 0.15) is 5.75 Å². The van der Waals surface area contributed by atoms with Gasteiger partial charge in [-0.1, -0.05) is 19.1 Å². The van der Waals surface area contributed by atoms with Crippen LogP contribution in [-0.2, 0) is 6.54 Å². The third kappa shape index (κ3) is 3.34. The topological polar surface area (TPSA) is 52.9 Å². The molecular weight excluding hydrogens is 253 g/mol. The van der Waals surface area contributed by atoms with Crippen molar-refractivity contribution < 1.29 is 14.8 Å². The zero-order chi connectivity index (χ0) is 14.7. The molecule has 4 nitrogen and oxygen atoms in total. The van der Waals surface area contributed by atoms with Gasteiger partial charge in [-0.15, -0.1) is 0 Å². The maximum Gasteiger partial charge on any atom is 0.492 e. The van der Waals surface area contributed by atoms with E-state index in [1.54, 1.807) is 0 Å². The summed E-state index contributed by atoms with van der Waals surface area (Å²) >= 11 is 0. The summed E-state index contributed by atoms with van der Waals surface area (Å²) in [6, 6.07) is 6.20. The van der Waals surface area contributed by atoms with Gasteiger partial charge in [0, 0.05) is 18.0 Å². The molecular formula is C15H24BNO3. The minimum atomic E-state index is -1.50. The molecule has 0 spiro atoms. The van der Waals surface area contributed by atoms with Crippen molar-refractivity contribution in [2.45, 2.75) is 39.3 Å². The Bertz CT molecular complexity index is 453. The number of rotatable bonds is 4. The van der Waals surface area contributed by atoms with Crippen molar-refractivity contribution in [2.75, 3.05) is 13.7 Å². The van der Waals surface area contributed by atoms with Gasteiger partial charge in [-0.2, -0.15) is 0 Å².